The van der Waals surface area contributed by atoms with Crippen LogP contribution in [0.1, 0.15) is 11.7 Å². The summed E-state index contributed by atoms with van der Waals surface area (Å²) in [6.45, 7) is 5.40. The Morgan fingerprint density at radius 3 is 2.57 bits per heavy atom. The Kier molecular flexibility index (Phi) is 4.45. The predicted molar refractivity (Wildman–Crippen MR) is 86.8 cm³/mol. The smallest absolute Gasteiger partial charge is 0.191 e. The summed E-state index contributed by atoms with van der Waals surface area (Å²) in [6, 6.07) is 6.57. The highest BCUT2D eigenvalue weighted by Gasteiger charge is 2.18. The van der Waals surface area contributed by atoms with E-state index in [-0.39, 0.29) is 5.82 Å². The first kappa shape index (κ1) is 15.3. The molecule has 0 spiro atoms. The maximum Gasteiger partial charge on any atom is 0.191 e. The highest BCUT2D eigenvalue weighted by Crippen LogP contribution is 2.16. The Hall–Kier alpha value is -2.57. The lowest BCUT2D eigenvalue weighted by atomic mass is 10.2. The van der Waals surface area contributed by atoms with Crippen LogP contribution in [-0.2, 0) is 6.54 Å². The van der Waals surface area contributed by atoms with Gasteiger partial charge in [0.2, 0.25) is 0 Å². The number of hydrogen-bond donors (Lipinski definition) is 1. The van der Waals surface area contributed by atoms with Gasteiger partial charge in [0.1, 0.15) is 18.1 Å². The van der Waals surface area contributed by atoms with Gasteiger partial charge in [-0.2, -0.15) is 0 Å². The van der Waals surface area contributed by atoms with Gasteiger partial charge in [-0.25, -0.2) is 14.4 Å². The van der Waals surface area contributed by atoms with Gasteiger partial charge in [0.05, 0.1) is 6.20 Å². The number of nitrogens with two attached hydrogens (primary N) is 1. The van der Waals surface area contributed by atoms with Crippen LogP contribution in [0.15, 0.2) is 39.9 Å². The minimum Gasteiger partial charge on any atom is -0.444 e. The molecule has 0 aliphatic carbocycles. The second kappa shape index (κ2) is 6.68. The number of oxazole rings is 1. The third kappa shape index (κ3) is 3.80. The minimum absolute atomic E-state index is 0.216. The zero-order valence-corrected chi connectivity index (χ0v) is 13.1. The highest BCUT2D eigenvalue weighted by molar-refractivity contribution is 5.78. The van der Waals surface area contributed by atoms with Crippen molar-refractivity contribution in [2.24, 2.45) is 10.7 Å². The van der Waals surface area contributed by atoms with Crippen molar-refractivity contribution >= 4 is 11.6 Å². The molecule has 0 radical (unpaired) electrons. The molecular weight excluding hydrogens is 297 g/mol. The molecule has 2 heterocycles. The largest absolute Gasteiger partial charge is 0.444 e. The number of nitrogens with zero attached hydrogens (tertiary/aromatic N) is 4. The van der Waals surface area contributed by atoms with E-state index in [0.29, 0.717) is 24.2 Å². The van der Waals surface area contributed by atoms with Crippen molar-refractivity contribution in [1.82, 2.24) is 9.88 Å². The van der Waals surface area contributed by atoms with Gasteiger partial charge in [0.15, 0.2) is 11.9 Å². The first-order chi connectivity index (χ1) is 11.1. The van der Waals surface area contributed by atoms with E-state index >= 15 is 0 Å². The molecule has 1 aromatic heterocycles. The van der Waals surface area contributed by atoms with E-state index in [1.807, 2.05) is 4.90 Å². The summed E-state index contributed by atoms with van der Waals surface area (Å²) in [5.41, 5.74) is 7.08. The number of aromatic nitrogens is 1. The molecule has 0 saturated carbocycles. The normalized spacial score (nSPS) is 16.0. The molecule has 1 aliphatic heterocycles. The summed E-state index contributed by atoms with van der Waals surface area (Å²) in [6.07, 6.45) is 1.67. The fourth-order valence-electron chi connectivity index (χ4n) is 2.58. The summed E-state index contributed by atoms with van der Waals surface area (Å²) >= 11 is 0. The summed E-state index contributed by atoms with van der Waals surface area (Å²) in [4.78, 5) is 12.6. The Labute approximate surface area is 134 Å². The topological polar surface area (TPSA) is 70.9 Å². The zero-order valence-electron chi connectivity index (χ0n) is 13.1. The first-order valence-corrected chi connectivity index (χ1v) is 7.58. The van der Waals surface area contributed by atoms with Crippen LogP contribution in [0, 0.1) is 12.7 Å². The molecule has 3 rings (SSSR count). The van der Waals surface area contributed by atoms with E-state index in [1.165, 1.54) is 12.1 Å². The summed E-state index contributed by atoms with van der Waals surface area (Å²) in [5.74, 6) is 1.63. The Morgan fingerprint density at radius 1 is 1.26 bits per heavy atom. The van der Waals surface area contributed by atoms with E-state index in [1.54, 1.807) is 25.3 Å². The second-order valence-corrected chi connectivity index (χ2v) is 5.47. The molecule has 7 heteroatoms. The summed E-state index contributed by atoms with van der Waals surface area (Å²) in [7, 11) is 0. The van der Waals surface area contributed by atoms with Gasteiger partial charge < -0.3 is 20.0 Å². The minimum atomic E-state index is -0.216. The van der Waals surface area contributed by atoms with Crippen LogP contribution in [-0.4, -0.2) is 42.0 Å². The van der Waals surface area contributed by atoms with Crippen LogP contribution in [0.3, 0.4) is 0 Å². The maximum atomic E-state index is 13.0. The van der Waals surface area contributed by atoms with Gasteiger partial charge in [0, 0.05) is 38.8 Å². The Bertz CT molecular complexity index is 674. The van der Waals surface area contributed by atoms with Crippen LogP contribution in [0.25, 0.3) is 0 Å². The second-order valence-electron chi connectivity index (χ2n) is 5.47. The van der Waals surface area contributed by atoms with Crippen LogP contribution < -0.4 is 10.6 Å². The lowest BCUT2D eigenvalue weighted by Gasteiger charge is -2.36. The molecule has 1 aromatic carbocycles. The molecule has 2 N–H and O–H groups in total. The molecule has 0 atom stereocenters. The van der Waals surface area contributed by atoms with Crippen molar-refractivity contribution in [2.45, 2.75) is 13.5 Å². The van der Waals surface area contributed by atoms with Gasteiger partial charge in [-0.1, -0.05) is 0 Å². The molecular formula is C16H20FN5O. The SMILES string of the molecule is Cc1ncc(CN=C(N)N2CCN(c3ccc(F)cc3)CC2)o1. The van der Waals surface area contributed by atoms with Crippen LogP contribution in [0.5, 0.6) is 0 Å². The maximum absolute atomic E-state index is 13.0. The average Bonchev–Trinajstić information content (AvgIpc) is 2.99. The van der Waals surface area contributed by atoms with Crippen molar-refractivity contribution in [3.05, 3.63) is 47.9 Å². The molecule has 23 heavy (non-hydrogen) atoms. The molecule has 1 saturated heterocycles. The molecule has 0 unspecified atom stereocenters. The number of aryl methyl sites for hydroxylation is 1. The van der Waals surface area contributed by atoms with Gasteiger partial charge >= 0.3 is 0 Å². The van der Waals surface area contributed by atoms with E-state index in [9.17, 15) is 4.39 Å². The number of guanidine groups is 1. The Balaban J connectivity index is 1.54. The van der Waals surface area contributed by atoms with E-state index in [2.05, 4.69) is 14.9 Å². The molecule has 2 aromatic rings. The van der Waals surface area contributed by atoms with E-state index < -0.39 is 0 Å². The lowest BCUT2D eigenvalue weighted by molar-refractivity contribution is 0.379. The quantitative estimate of drug-likeness (QED) is 0.690. The summed E-state index contributed by atoms with van der Waals surface area (Å²) in [5, 5.41) is 0. The van der Waals surface area contributed by atoms with Crippen molar-refractivity contribution in [3.8, 4) is 0 Å². The molecule has 0 bridgehead atoms. The standard InChI is InChI=1S/C16H20FN5O/c1-12-19-10-15(23-12)11-20-16(18)22-8-6-21(7-9-22)14-4-2-13(17)3-5-14/h2-5,10H,6-9,11H2,1H3,(H2,18,20). The van der Waals surface area contributed by atoms with Gasteiger partial charge in [-0.3, -0.25) is 0 Å². The Morgan fingerprint density at radius 2 is 1.96 bits per heavy atom. The lowest BCUT2D eigenvalue weighted by Crippen LogP contribution is -2.51. The van der Waals surface area contributed by atoms with Gasteiger partial charge in [0.25, 0.3) is 0 Å². The molecule has 1 aliphatic rings. The number of hydrogen-bond acceptors (Lipinski definition) is 4. The number of rotatable bonds is 3. The van der Waals surface area contributed by atoms with Crippen LogP contribution in [0.4, 0.5) is 10.1 Å². The predicted octanol–water partition coefficient (Wildman–Crippen LogP) is 1.76. The van der Waals surface area contributed by atoms with E-state index in [4.69, 9.17) is 10.2 Å². The fourth-order valence-corrected chi connectivity index (χ4v) is 2.58. The van der Waals surface area contributed by atoms with Crippen molar-refractivity contribution in [1.29, 1.82) is 0 Å². The van der Waals surface area contributed by atoms with Crippen LogP contribution >= 0.6 is 0 Å². The van der Waals surface area contributed by atoms with Crippen molar-refractivity contribution in [3.63, 3.8) is 0 Å². The molecule has 122 valence electrons. The van der Waals surface area contributed by atoms with Crippen molar-refractivity contribution < 1.29 is 8.81 Å². The zero-order chi connectivity index (χ0) is 16.2. The van der Waals surface area contributed by atoms with Gasteiger partial charge in [-0.15, -0.1) is 0 Å². The van der Waals surface area contributed by atoms with Gasteiger partial charge in [-0.05, 0) is 24.3 Å². The molecule has 1 fully saturated rings. The number of benzene rings is 1. The number of anilines is 1. The molecule has 6 nitrogen and oxygen atoms in total. The third-order valence-corrected chi connectivity index (χ3v) is 3.86. The van der Waals surface area contributed by atoms with Crippen molar-refractivity contribution in [2.75, 3.05) is 31.1 Å². The fraction of sp³-hybridized carbons (Fsp3) is 0.375. The molecule has 0 amide bonds. The highest BCUT2D eigenvalue weighted by atomic mass is 19.1. The number of aliphatic imine (C=N–C) groups is 1. The number of piperazine rings is 1. The summed E-state index contributed by atoms with van der Waals surface area (Å²) < 4.78 is 18.4. The van der Waals surface area contributed by atoms with E-state index in [0.717, 1.165) is 31.9 Å². The number of halogens is 1. The monoisotopic (exact) mass is 317 g/mol. The average molecular weight is 317 g/mol. The van der Waals surface area contributed by atoms with Crippen LogP contribution in [0.2, 0.25) is 0 Å². The third-order valence-electron chi connectivity index (χ3n) is 3.86. The first-order valence-electron chi connectivity index (χ1n) is 7.58.